The van der Waals surface area contributed by atoms with E-state index in [1.165, 1.54) is 0 Å². The van der Waals surface area contributed by atoms with E-state index in [0.717, 1.165) is 0 Å². The van der Waals surface area contributed by atoms with E-state index in [0.29, 0.717) is 0 Å². The van der Waals surface area contributed by atoms with Gasteiger partial charge >= 0.3 is 84.9 Å². The zero-order valence-electron chi connectivity index (χ0n) is 19.6. The minimum atomic E-state index is -9.97. The molecule has 0 spiro atoms. The van der Waals surface area contributed by atoms with Crippen molar-refractivity contribution in [3.05, 3.63) is 0 Å². The first-order chi connectivity index (χ1) is 19.5. The summed E-state index contributed by atoms with van der Waals surface area (Å²) < 4.78 is 388. The average molecular weight is 1000 g/mol. The van der Waals surface area contributed by atoms with Crippen LogP contribution in [0.4, 0.5) is 132 Å². The van der Waals surface area contributed by atoms with Crippen molar-refractivity contribution >= 4 is 45.2 Å². The number of hydrogen-bond donors (Lipinski definition) is 0. The molecule has 47 heavy (non-hydrogen) atoms. The summed E-state index contributed by atoms with van der Waals surface area (Å²) in [5.41, 5.74) is 0. The molecule has 0 amide bonds. The lowest BCUT2D eigenvalue weighted by atomic mass is 9.83. The maximum absolute atomic E-state index is 13.7. The van der Waals surface area contributed by atoms with Crippen molar-refractivity contribution in [2.45, 2.75) is 84.9 Å². The van der Waals surface area contributed by atoms with Crippen molar-refractivity contribution in [3.63, 3.8) is 0 Å². The lowest BCUT2D eigenvalue weighted by Crippen LogP contribution is -2.79. The fraction of sp³-hybridized carbons (Fsp3) is 1.00. The molecule has 0 aliphatic heterocycles. The van der Waals surface area contributed by atoms with Gasteiger partial charge in [0.1, 0.15) is 0 Å². The topological polar surface area (TPSA) is 0 Å². The van der Waals surface area contributed by atoms with Gasteiger partial charge in [0.2, 0.25) is 0 Å². The molecule has 0 radical (unpaired) electrons. The summed E-state index contributed by atoms with van der Waals surface area (Å²) >= 11 is -2.69. The highest BCUT2D eigenvalue weighted by Gasteiger charge is 3.01. The van der Waals surface area contributed by atoms with Crippen LogP contribution < -0.4 is 0 Å². The van der Waals surface area contributed by atoms with Crippen molar-refractivity contribution in [2.75, 3.05) is 0 Å². The quantitative estimate of drug-likeness (QED) is 0.0924. The zero-order valence-corrected chi connectivity index (χ0v) is 23.9. The van der Waals surface area contributed by atoms with Gasteiger partial charge in [0.25, 0.3) is 0 Å². The molecule has 32 heteroatoms. The van der Waals surface area contributed by atoms with Crippen LogP contribution in [-0.4, -0.2) is 84.9 Å². The lowest BCUT2D eigenvalue weighted by Gasteiger charge is -2.46. The maximum atomic E-state index is 13.7. The second kappa shape index (κ2) is 11.2. The molecule has 0 saturated carbocycles. The van der Waals surface area contributed by atoms with Gasteiger partial charge in [-0.05, 0) is 0 Å². The smallest absolute Gasteiger partial charge is 0.192 e. The van der Waals surface area contributed by atoms with Crippen LogP contribution >= 0.6 is 45.2 Å². The van der Waals surface area contributed by atoms with Gasteiger partial charge in [-0.3, -0.25) is 0 Å². The maximum Gasteiger partial charge on any atom is 0.387 e. The van der Waals surface area contributed by atoms with Crippen LogP contribution in [-0.2, 0) is 0 Å². The van der Waals surface area contributed by atoms with Gasteiger partial charge in [-0.15, -0.1) is 0 Å². The van der Waals surface area contributed by atoms with Crippen LogP contribution in [0.2, 0.25) is 0 Å². The normalized spacial score (nSPS) is 17.4. The van der Waals surface area contributed by atoms with Gasteiger partial charge in [-0.1, -0.05) is 0 Å². The minimum absolute atomic E-state index is 1.34. The van der Waals surface area contributed by atoms with Crippen LogP contribution in [0, 0.1) is 0 Å². The third-order valence-electron chi connectivity index (χ3n) is 5.44. The van der Waals surface area contributed by atoms with Crippen molar-refractivity contribution in [2.24, 2.45) is 0 Å². The standard InChI is InChI=1S/C15F30I2/c16-1(17,2(18,19)4(22,23)6(26,27)8(30,31)10(34,35)12(38,39)14(42,43)46)3(20,21)5(24,25)7(28,29)9(32,33)11(36,37)13(40,41)15(44,45)47. The molecule has 0 unspecified atom stereocenters. The molecule has 0 rings (SSSR count). The van der Waals surface area contributed by atoms with Crippen LogP contribution in [0.5, 0.6) is 0 Å². The second-order valence-electron chi connectivity index (χ2n) is 8.46. The Morgan fingerprint density at radius 2 is 0.213 bits per heavy atom. The minimum Gasteiger partial charge on any atom is -0.192 e. The Kier molecular flexibility index (Phi) is 11.0. The fourth-order valence-electron chi connectivity index (χ4n) is 2.52. The first-order valence-corrected chi connectivity index (χ1v) is 11.7. The summed E-state index contributed by atoms with van der Waals surface area (Å²) in [4.78, 5) is 0. The number of halogens is 32. The highest BCUT2D eigenvalue weighted by Crippen LogP contribution is 2.69. The van der Waals surface area contributed by atoms with E-state index in [1.807, 2.05) is 0 Å². The number of hydrogen-bond acceptors (Lipinski definition) is 0. The SMILES string of the molecule is FC(F)(I)C(F)(F)C(F)(F)C(F)(F)C(F)(F)C(F)(F)C(F)(F)C(F)(F)C(F)(F)C(F)(F)C(F)(F)C(F)(F)C(F)(F)C(F)(F)C(F)(F)I. The third kappa shape index (κ3) is 5.43. The summed E-state index contributed by atoms with van der Waals surface area (Å²) in [6.07, 6.45) is 0. The molecule has 0 saturated heterocycles. The fourth-order valence-corrected chi connectivity index (χ4v) is 3.20. The number of rotatable bonds is 14. The summed E-state index contributed by atoms with van der Waals surface area (Å²) in [6, 6.07) is 0. The van der Waals surface area contributed by atoms with E-state index < -0.39 is 130 Å². The van der Waals surface area contributed by atoms with E-state index in [9.17, 15) is 132 Å². The van der Waals surface area contributed by atoms with Crippen LogP contribution in [0.3, 0.4) is 0 Å². The lowest BCUT2D eigenvalue weighted by molar-refractivity contribution is -0.484. The van der Waals surface area contributed by atoms with Crippen molar-refractivity contribution in [3.8, 4) is 0 Å². The van der Waals surface area contributed by atoms with Crippen molar-refractivity contribution < 1.29 is 132 Å². The summed E-state index contributed by atoms with van der Waals surface area (Å²) in [5.74, 6) is -122. The molecule has 0 fully saturated rings. The van der Waals surface area contributed by atoms with Gasteiger partial charge in [0, 0.05) is 45.2 Å². The molecule has 0 N–H and O–H groups in total. The highest BCUT2D eigenvalue weighted by molar-refractivity contribution is 14.1. The molecule has 0 aliphatic rings. The number of alkyl halides is 32. The second-order valence-corrected chi connectivity index (χ2v) is 11.2. The predicted molar refractivity (Wildman–Crippen MR) is 102 cm³/mol. The molecule has 0 aromatic carbocycles. The Morgan fingerprint density at radius 3 is 0.277 bits per heavy atom. The van der Waals surface area contributed by atoms with E-state index >= 15 is 0 Å². The Balaban J connectivity index is 7.61. The van der Waals surface area contributed by atoms with Crippen molar-refractivity contribution in [1.29, 1.82) is 0 Å². The molecule has 0 bridgehead atoms. The molecule has 0 atom stereocenters. The van der Waals surface area contributed by atoms with Gasteiger partial charge in [-0.2, -0.15) is 132 Å². The summed E-state index contributed by atoms with van der Waals surface area (Å²) in [7, 11) is 0. The molecule has 0 aromatic rings. The van der Waals surface area contributed by atoms with Gasteiger partial charge < -0.3 is 0 Å². The van der Waals surface area contributed by atoms with E-state index in [2.05, 4.69) is 0 Å². The third-order valence-corrected chi connectivity index (χ3v) is 6.80. The van der Waals surface area contributed by atoms with E-state index in [4.69, 9.17) is 0 Å². The molecular weight excluding hydrogens is 1000 g/mol. The van der Waals surface area contributed by atoms with Gasteiger partial charge in [0.15, 0.2) is 0 Å². The summed E-state index contributed by atoms with van der Waals surface area (Å²) in [6.45, 7) is 0. The van der Waals surface area contributed by atoms with Crippen LogP contribution in [0.1, 0.15) is 0 Å². The average Bonchev–Trinajstić information content (AvgIpc) is 2.80. The highest BCUT2D eigenvalue weighted by atomic mass is 127. The summed E-state index contributed by atoms with van der Waals surface area (Å²) in [5, 5.41) is 0. The Morgan fingerprint density at radius 1 is 0.149 bits per heavy atom. The molecule has 284 valence electrons. The van der Waals surface area contributed by atoms with Gasteiger partial charge in [0.05, 0.1) is 0 Å². The Labute approximate surface area is 261 Å². The van der Waals surface area contributed by atoms with Crippen LogP contribution in [0.15, 0.2) is 0 Å². The monoisotopic (exact) mass is 1000 g/mol. The first-order valence-electron chi connectivity index (χ1n) is 9.55. The molecule has 0 nitrogen and oxygen atoms in total. The molecule has 0 heterocycles. The zero-order chi connectivity index (χ0) is 39.5. The van der Waals surface area contributed by atoms with Crippen molar-refractivity contribution in [1.82, 2.24) is 0 Å². The molecular formula is C15F30I2. The Hall–Kier alpha value is -0.640. The van der Waals surface area contributed by atoms with E-state index in [1.54, 1.807) is 0 Å². The predicted octanol–water partition coefficient (Wildman–Crippen LogP) is 11.3. The molecule has 0 aromatic heterocycles. The van der Waals surface area contributed by atoms with E-state index in [-0.39, 0.29) is 0 Å². The van der Waals surface area contributed by atoms with Gasteiger partial charge in [-0.25, -0.2) is 0 Å². The molecule has 0 aliphatic carbocycles. The Bertz CT molecular complexity index is 1060. The largest absolute Gasteiger partial charge is 0.387 e. The first kappa shape index (κ1) is 46.4. The van der Waals surface area contributed by atoms with Crippen LogP contribution in [0.25, 0.3) is 0 Å².